The molecule has 1 aromatic heterocycles. The molecular formula is C26H29Cl2FN4O5. The zero-order valence-electron chi connectivity index (χ0n) is 20.6. The first-order chi connectivity index (χ1) is 18.3. The molecule has 204 valence electrons. The number of nitrogens with zero attached hydrogens (tertiary/aromatic N) is 4. The number of aryl methyl sites for hydroxylation is 1. The van der Waals surface area contributed by atoms with E-state index in [9.17, 15) is 19.6 Å². The third kappa shape index (κ3) is 7.72. The zero-order valence-corrected chi connectivity index (χ0v) is 22.2. The summed E-state index contributed by atoms with van der Waals surface area (Å²) in [6, 6.07) is 12.2. The van der Waals surface area contributed by atoms with Gasteiger partial charge in [0.05, 0.1) is 17.7 Å². The van der Waals surface area contributed by atoms with Crippen molar-refractivity contribution in [1.82, 2.24) is 9.55 Å². The standard InChI is InChI=1S/C26H29Cl2FN4O5/c27-23-15-22(5-6-24(23)29)37-14-10-18-7-11-31(12-8-18)19-1-3-21(4-2-19)38-17-20(34)9-13-32-16-25(33(35)36)30-26(32)28/h1-6,15-16,18,20,34H,7-14,17H2. The summed E-state index contributed by atoms with van der Waals surface area (Å²) in [4.78, 5) is 16.2. The fourth-order valence-electron chi connectivity index (χ4n) is 4.33. The number of anilines is 1. The molecule has 2 aromatic carbocycles. The van der Waals surface area contributed by atoms with Crippen molar-refractivity contribution in [2.75, 3.05) is 31.2 Å². The lowest BCUT2D eigenvalue weighted by Crippen LogP contribution is -2.34. The van der Waals surface area contributed by atoms with Crippen LogP contribution in [0.3, 0.4) is 0 Å². The Labute approximate surface area is 229 Å². The van der Waals surface area contributed by atoms with E-state index in [0.717, 1.165) is 38.0 Å². The maximum atomic E-state index is 13.3. The first-order valence-corrected chi connectivity index (χ1v) is 13.1. The quantitative estimate of drug-likeness (QED) is 0.220. The number of aliphatic hydroxyl groups excluding tert-OH is 1. The van der Waals surface area contributed by atoms with Gasteiger partial charge in [0.1, 0.15) is 30.1 Å². The van der Waals surface area contributed by atoms with Crippen LogP contribution in [-0.2, 0) is 6.54 Å². The number of nitro groups is 1. The van der Waals surface area contributed by atoms with Gasteiger partial charge >= 0.3 is 11.1 Å². The number of benzene rings is 2. The van der Waals surface area contributed by atoms with Crippen LogP contribution in [0.1, 0.15) is 25.7 Å². The van der Waals surface area contributed by atoms with Crippen LogP contribution in [0.15, 0.2) is 48.7 Å². The molecule has 1 atom stereocenters. The van der Waals surface area contributed by atoms with Gasteiger partial charge in [-0.2, -0.15) is 0 Å². The van der Waals surface area contributed by atoms with Gasteiger partial charge in [-0.1, -0.05) is 11.6 Å². The van der Waals surface area contributed by atoms with Gasteiger partial charge in [0.2, 0.25) is 0 Å². The lowest BCUT2D eigenvalue weighted by molar-refractivity contribution is -0.389. The van der Waals surface area contributed by atoms with Crippen molar-refractivity contribution in [3.63, 3.8) is 0 Å². The van der Waals surface area contributed by atoms with Gasteiger partial charge in [0.25, 0.3) is 0 Å². The number of hydrogen-bond donors (Lipinski definition) is 1. The average molecular weight is 567 g/mol. The highest BCUT2D eigenvalue weighted by atomic mass is 35.5. The number of aliphatic hydroxyl groups is 1. The summed E-state index contributed by atoms with van der Waals surface area (Å²) in [5, 5.41) is 21.1. The van der Waals surface area contributed by atoms with E-state index in [4.69, 9.17) is 32.7 Å². The third-order valence-electron chi connectivity index (χ3n) is 6.55. The SMILES string of the molecule is O=[N+]([O-])c1cn(CCC(O)COc2ccc(N3CCC(CCOc4ccc(F)c(Cl)c4)CC3)cc2)c(Cl)n1. The van der Waals surface area contributed by atoms with Crippen LogP contribution < -0.4 is 14.4 Å². The molecule has 0 spiro atoms. The molecule has 12 heteroatoms. The largest absolute Gasteiger partial charge is 0.494 e. The highest BCUT2D eigenvalue weighted by molar-refractivity contribution is 6.30. The number of hydrogen-bond acceptors (Lipinski definition) is 7. The molecule has 0 amide bonds. The topological polar surface area (TPSA) is 103 Å². The molecule has 4 rings (SSSR count). The molecule has 1 aliphatic rings. The number of ether oxygens (including phenoxy) is 2. The Morgan fingerprint density at radius 2 is 1.84 bits per heavy atom. The summed E-state index contributed by atoms with van der Waals surface area (Å²) in [5.41, 5.74) is 1.12. The molecule has 0 bridgehead atoms. The molecule has 0 aliphatic carbocycles. The molecule has 1 N–H and O–H groups in total. The van der Waals surface area contributed by atoms with Crippen LogP contribution in [0, 0.1) is 21.8 Å². The van der Waals surface area contributed by atoms with Crippen LogP contribution in [0.5, 0.6) is 11.5 Å². The van der Waals surface area contributed by atoms with Gasteiger partial charge in [0, 0.05) is 31.4 Å². The molecule has 1 saturated heterocycles. The monoisotopic (exact) mass is 566 g/mol. The second-order valence-electron chi connectivity index (χ2n) is 9.21. The third-order valence-corrected chi connectivity index (χ3v) is 7.14. The predicted molar refractivity (Wildman–Crippen MR) is 143 cm³/mol. The average Bonchev–Trinajstić information content (AvgIpc) is 3.30. The fraction of sp³-hybridized carbons (Fsp3) is 0.423. The molecule has 1 aliphatic heterocycles. The summed E-state index contributed by atoms with van der Waals surface area (Å²) < 4.78 is 26.1. The van der Waals surface area contributed by atoms with Gasteiger partial charge in [-0.05, 0) is 89.5 Å². The Balaban J connectivity index is 1.14. The Morgan fingerprint density at radius 3 is 2.50 bits per heavy atom. The molecular weight excluding hydrogens is 538 g/mol. The van der Waals surface area contributed by atoms with Gasteiger partial charge in [-0.25, -0.2) is 4.39 Å². The number of rotatable bonds is 12. The Morgan fingerprint density at radius 1 is 1.13 bits per heavy atom. The van der Waals surface area contributed by atoms with Gasteiger partial charge < -0.3 is 29.6 Å². The lowest BCUT2D eigenvalue weighted by Gasteiger charge is -2.33. The van der Waals surface area contributed by atoms with Crippen LogP contribution in [-0.4, -0.2) is 52.0 Å². The van der Waals surface area contributed by atoms with Crippen molar-refractivity contribution in [3.05, 3.63) is 74.9 Å². The van der Waals surface area contributed by atoms with Crippen molar-refractivity contribution in [2.45, 2.75) is 38.3 Å². The minimum absolute atomic E-state index is 0.00753. The van der Waals surface area contributed by atoms with Crippen LogP contribution >= 0.6 is 23.2 Å². The Kier molecular flexibility index (Phi) is 9.65. The summed E-state index contributed by atoms with van der Waals surface area (Å²) in [6.07, 6.45) is 3.83. The zero-order chi connectivity index (χ0) is 27.1. The maximum Gasteiger partial charge on any atom is 0.383 e. The Hall–Kier alpha value is -3.08. The highest BCUT2D eigenvalue weighted by Gasteiger charge is 2.20. The van der Waals surface area contributed by atoms with Gasteiger partial charge in [-0.3, -0.25) is 4.57 Å². The highest BCUT2D eigenvalue weighted by Crippen LogP contribution is 2.28. The summed E-state index contributed by atoms with van der Waals surface area (Å²) in [5.74, 6) is 1.02. The Bertz CT molecular complexity index is 1220. The minimum atomic E-state index is -0.768. The number of halogens is 3. The molecule has 2 heterocycles. The van der Waals surface area contributed by atoms with E-state index in [-0.39, 0.29) is 29.3 Å². The molecule has 0 radical (unpaired) electrons. The lowest BCUT2D eigenvalue weighted by atomic mass is 9.93. The number of aromatic nitrogens is 2. The molecule has 3 aromatic rings. The van der Waals surface area contributed by atoms with Gasteiger partial charge in [-0.15, -0.1) is 0 Å². The fourth-order valence-corrected chi connectivity index (χ4v) is 4.72. The first-order valence-electron chi connectivity index (χ1n) is 12.4. The molecule has 0 saturated carbocycles. The predicted octanol–water partition coefficient (Wildman–Crippen LogP) is 5.75. The van der Waals surface area contributed by atoms with E-state index in [2.05, 4.69) is 9.88 Å². The molecule has 1 fully saturated rings. The number of piperidine rings is 1. The van der Waals surface area contributed by atoms with Crippen LogP contribution in [0.4, 0.5) is 15.9 Å². The summed E-state index contributed by atoms with van der Waals surface area (Å²) >= 11 is 11.7. The maximum absolute atomic E-state index is 13.3. The van der Waals surface area contributed by atoms with Crippen molar-refractivity contribution in [2.24, 2.45) is 5.92 Å². The van der Waals surface area contributed by atoms with E-state index < -0.39 is 16.8 Å². The van der Waals surface area contributed by atoms with E-state index in [1.807, 2.05) is 24.3 Å². The normalized spacial score (nSPS) is 14.9. The van der Waals surface area contributed by atoms with Crippen molar-refractivity contribution in [1.29, 1.82) is 0 Å². The molecule has 1 unspecified atom stereocenters. The van der Waals surface area contributed by atoms with E-state index in [0.29, 0.717) is 30.4 Å². The minimum Gasteiger partial charge on any atom is -0.494 e. The van der Waals surface area contributed by atoms with E-state index in [1.165, 1.54) is 22.9 Å². The summed E-state index contributed by atoms with van der Waals surface area (Å²) in [7, 11) is 0. The summed E-state index contributed by atoms with van der Waals surface area (Å²) in [6.45, 7) is 2.83. The second kappa shape index (κ2) is 13.1. The van der Waals surface area contributed by atoms with Crippen LogP contribution in [0.25, 0.3) is 0 Å². The van der Waals surface area contributed by atoms with E-state index >= 15 is 0 Å². The van der Waals surface area contributed by atoms with Crippen molar-refractivity contribution in [3.8, 4) is 11.5 Å². The van der Waals surface area contributed by atoms with Crippen molar-refractivity contribution < 1.29 is 23.9 Å². The molecule has 9 nitrogen and oxygen atoms in total. The van der Waals surface area contributed by atoms with Crippen LogP contribution in [0.2, 0.25) is 10.3 Å². The smallest absolute Gasteiger partial charge is 0.383 e. The first kappa shape index (κ1) is 27.9. The number of imidazole rings is 1. The molecule has 38 heavy (non-hydrogen) atoms. The van der Waals surface area contributed by atoms with E-state index in [1.54, 1.807) is 6.07 Å². The van der Waals surface area contributed by atoms with Crippen molar-refractivity contribution >= 4 is 34.7 Å². The second-order valence-corrected chi connectivity index (χ2v) is 9.95. The van der Waals surface area contributed by atoms with Gasteiger partial charge in [0.15, 0.2) is 0 Å².